The molecule has 0 radical (unpaired) electrons. The molecule has 0 saturated heterocycles. The summed E-state index contributed by atoms with van der Waals surface area (Å²) in [5.41, 5.74) is 0. The highest BCUT2D eigenvalue weighted by Gasteiger charge is 2.19. The average Bonchev–Trinajstić information content (AvgIpc) is 3.35. The molecule has 0 amide bonds. The minimum absolute atomic E-state index is 0.0978. The number of esters is 3. The quantitative estimate of drug-likeness (QED) is 0.0262. The summed E-state index contributed by atoms with van der Waals surface area (Å²) in [4.78, 5) is 38.1. The van der Waals surface area contributed by atoms with Crippen LogP contribution in [0.1, 0.15) is 278 Å². The molecule has 1 unspecified atom stereocenters. The Hall–Kier alpha value is -3.41. The molecule has 0 saturated carbocycles. The predicted molar refractivity (Wildman–Crippen MR) is 297 cm³/mol. The predicted octanol–water partition coefficient (Wildman–Crippen LogP) is 19.5. The van der Waals surface area contributed by atoms with Crippen LogP contribution in [-0.4, -0.2) is 37.2 Å². The van der Waals surface area contributed by atoms with Crippen LogP contribution >= 0.6 is 0 Å². The molecular formula is C63H108O6. The topological polar surface area (TPSA) is 78.9 Å². The zero-order valence-electron chi connectivity index (χ0n) is 45.3. The van der Waals surface area contributed by atoms with Crippen LogP contribution in [0, 0.1) is 0 Å². The smallest absolute Gasteiger partial charge is 0.306 e. The van der Waals surface area contributed by atoms with Gasteiger partial charge in [-0.3, -0.25) is 14.4 Å². The van der Waals surface area contributed by atoms with Crippen molar-refractivity contribution in [1.82, 2.24) is 0 Å². The lowest BCUT2D eigenvalue weighted by atomic mass is 10.0. The second-order valence-electron chi connectivity index (χ2n) is 19.2. The Morgan fingerprint density at radius 2 is 0.580 bits per heavy atom. The van der Waals surface area contributed by atoms with Crippen LogP contribution < -0.4 is 0 Å². The summed E-state index contributed by atoms with van der Waals surface area (Å²) < 4.78 is 16.8. The Bertz CT molecular complexity index is 1330. The van der Waals surface area contributed by atoms with E-state index in [0.29, 0.717) is 19.3 Å². The van der Waals surface area contributed by atoms with Crippen molar-refractivity contribution in [2.24, 2.45) is 0 Å². The first kappa shape index (κ1) is 65.6. The average molecular weight is 962 g/mol. The normalized spacial score (nSPS) is 12.7. The summed E-state index contributed by atoms with van der Waals surface area (Å²) in [7, 11) is 0. The Kier molecular flexibility index (Phi) is 54.3. The molecule has 69 heavy (non-hydrogen) atoms. The Morgan fingerprint density at radius 1 is 0.304 bits per heavy atom. The highest BCUT2D eigenvalue weighted by molar-refractivity contribution is 5.71. The minimum Gasteiger partial charge on any atom is -0.462 e. The van der Waals surface area contributed by atoms with E-state index in [9.17, 15) is 14.4 Å². The molecule has 0 heterocycles. The molecule has 0 aromatic rings. The molecule has 6 heteroatoms. The van der Waals surface area contributed by atoms with Crippen molar-refractivity contribution >= 4 is 17.9 Å². The van der Waals surface area contributed by atoms with Gasteiger partial charge in [0.15, 0.2) is 6.10 Å². The van der Waals surface area contributed by atoms with E-state index >= 15 is 0 Å². The van der Waals surface area contributed by atoms with Crippen LogP contribution in [0.5, 0.6) is 0 Å². The first-order valence-electron chi connectivity index (χ1n) is 29.1. The van der Waals surface area contributed by atoms with Crippen molar-refractivity contribution in [3.8, 4) is 0 Å². The summed E-state index contributed by atoms with van der Waals surface area (Å²) >= 11 is 0. The van der Waals surface area contributed by atoms with Crippen molar-refractivity contribution < 1.29 is 28.6 Å². The van der Waals surface area contributed by atoms with Crippen LogP contribution in [0.4, 0.5) is 0 Å². The first-order chi connectivity index (χ1) is 34.0. The third-order valence-electron chi connectivity index (χ3n) is 12.4. The molecule has 0 aliphatic carbocycles. The molecule has 6 nitrogen and oxygen atoms in total. The Balaban J connectivity index is 4.36. The maximum atomic E-state index is 12.8. The molecule has 0 aliphatic heterocycles. The second kappa shape index (κ2) is 57.2. The number of hydrogen-bond donors (Lipinski definition) is 0. The lowest BCUT2D eigenvalue weighted by Gasteiger charge is -2.18. The maximum Gasteiger partial charge on any atom is 0.306 e. The van der Waals surface area contributed by atoms with Gasteiger partial charge in [-0.25, -0.2) is 0 Å². The van der Waals surface area contributed by atoms with Gasteiger partial charge in [-0.1, -0.05) is 254 Å². The van der Waals surface area contributed by atoms with Gasteiger partial charge in [0.1, 0.15) is 13.2 Å². The van der Waals surface area contributed by atoms with E-state index in [2.05, 4.69) is 106 Å². The van der Waals surface area contributed by atoms with Gasteiger partial charge in [-0.15, -0.1) is 0 Å². The first-order valence-corrected chi connectivity index (χ1v) is 29.1. The summed E-state index contributed by atoms with van der Waals surface area (Å²) in [5, 5.41) is 0. The van der Waals surface area contributed by atoms with Crippen LogP contribution in [0.3, 0.4) is 0 Å². The van der Waals surface area contributed by atoms with Crippen LogP contribution in [0.15, 0.2) is 85.1 Å². The molecule has 0 bridgehead atoms. The van der Waals surface area contributed by atoms with Gasteiger partial charge in [-0.05, 0) is 89.9 Å². The molecular weight excluding hydrogens is 853 g/mol. The summed E-state index contributed by atoms with van der Waals surface area (Å²) in [6.07, 6.45) is 74.4. The third kappa shape index (κ3) is 55.4. The Morgan fingerprint density at radius 3 is 0.928 bits per heavy atom. The lowest BCUT2D eigenvalue weighted by Crippen LogP contribution is -2.30. The van der Waals surface area contributed by atoms with Gasteiger partial charge in [0.05, 0.1) is 0 Å². The van der Waals surface area contributed by atoms with Gasteiger partial charge in [0.25, 0.3) is 0 Å². The molecule has 0 spiro atoms. The van der Waals surface area contributed by atoms with E-state index in [1.54, 1.807) is 0 Å². The zero-order chi connectivity index (χ0) is 50.0. The standard InChI is InChI=1S/C63H108O6/c1-4-7-10-13-16-19-22-24-26-28-29-30-31-32-33-35-36-38-41-44-47-50-53-56-62(65)68-59-60(58-67-61(64)55-52-49-46-43-40-21-18-15-12-9-6-3)69-63(66)57-54-51-48-45-42-39-37-34-27-25-23-20-17-14-11-8-5-2/h8,11,17,20,22,24-25,27-29,37,39,45,48,60H,4-7,9-10,12-16,18-19,21,23,26,30-36,38,40-44,46-47,49-59H2,1-3H3/b11-8-,20-17-,24-22-,27-25-,29-28-,39-37-,48-45-. The summed E-state index contributed by atoms with van der Waals surface area (Å²) in [5.74, 6) is -0.953. The Labute approximate surface area is 426 Å². The summed E-state index contributed by atoms with van der Waals surface area (Å²) in [6.45, 7) is 6.47. The largest absolute Gasteiger partial charge is 0.462 e. The van der Waals surface area contributed by atoms with E-state index in [1.807, 2.05) is 0 Å². The number of unbranched alkanes of at least 4 members (excludes halogenated alkanes) is 27. The van der Waals surface area contributed by atoms with E-state index in [1.165, 1.54) is 148 Å². The van der Waals surface area contributed by atoms with Gasteiger partial charge in [0.2, 0.25) is 0 Å². The van der Waals surface area contributed by atoms with Crippen molar-refractivity contribution in [2.75, 3.05) is 13.2 Å². The van der Waals surface area contributed by atoms with Crippen LogP contribution in [0.2, 0.25) is 0 Å². The van der Waals surface area contributed by atoms with Crippen molar-refractivity contribution in [2.45, 2.75) is 284 Å². The lowest BCUT2D eigenvalue weighted by molar-refractivity contribution is -0.167. The maximum absolute atomic E-state index is 12.8. The van der Waals surface area contributed by atoms with Crippen LogP contribution in [-0.2, 0) is 28.6 Å². The number of rotatable bonds is 52. The SMILES string of the molecule is CC/C=C\C/C=C\C/C=C\C/C=C\C/C=C\CCCC(=O)OC(COC(=O)CCCCCCCCCCCCC)COC(=O)CCCCCCCCCCCCC/C=C\C/C=C\CCCCCCC. The van der Waals surface area contributed by atoms with Gasteiger partial charge in [0, 0.05) is 19.3 Å². The molecule has 1 atom stereocenters. The molecule has 0 N–H and O–H groups in total. The fourth-order valence-electron chi connectivity index (χ4n) is 8.04. The molecule has 0 aliphatic rings. The monoisotopic (exact) mass is 961 g/mol. The number of hydrogen-bond acceptors (Lipinski definition) is 6. The van der Waals surface area contributed by atoms with E-state index in [0.717, 1.165) is 83.5 Å². The van der Waals surface area contributed by atoms with Gasteiger partial charge < -0.3 is 14.2 Å². The van der Waals surface area contributed by atoms with E-state index in [-0.39, 0.29) is 37.5 Å². The third-order valence-corrected chi connectivity index (χ3v) is 12.4. The highest BCUT2D eigenvalue weighted by atomic mass is 16.6. The van der Waals surface area contributed by atoms with Crippen molar-refractivity contribution in [1.29, 1.82) is 0 Å². The van der Waals surface area contributed by atoms with Crippen LogP contribution in [0.25, 0.3) is 0 Å². The second-order valence-corrected chi connectivity index (χ2v) is 19.2. The molecule has 0 fully saturated rings. The molecule has 396 valence electrons. The number of ether oxygens (including phenoxy) is 3. The van der Waals surface area contributed by atoms with Gasteiger partial charge in [-0.2, -0.15) is 0 Å². The summed E-state index contributed by atoms with van der Waals surface area (Å²) in [6, 6.07) is 0. The number of carbonyl (C=O) groups excluding carboxylic acids is 3. The minimum atomic E-state index is -0.805. The van der Waals surface area contributed by atoms with Crippen molar-refractivity contribution in [3.63, 3.8) is 0 Å². The van der Waals surface area contributed by atoms with Gasteiger partial charge >= 0.3 is 17.9 Å². The zero-order valence-corrected chi connectivity index (χ0v) is 45.3. The molecule has 0 aromatic carbocycles. The molecule has 0 rings (SSSR count). The van der Waals surface area contributed by atoms with E-state index in [4.69, 9.17) is 14.2 Å². The number of allylic oxidation sites excluding steroid dienone is 14. The fraction of sp³-hybridized carbons (Fsp3) is 0.730. The molecule has 0 aromatic heterocycles. The van der Waals surface area contributed by atoms with Crippen molar-refractivity contribution in [3.05, 3.63) is 85.1 Å². The van der Waals surface area contributed by atoms with E-state index < -0.39 is 6.10 Å². The number of carbonyl (C=O) groups is 3. The fourth-order valence-corrected chi connectivity index (χ4v) is 8.04. The highest BCUT2D eigenvalue weighted by Crippen LogP contribution is 2.15.